The van der Waals surface area contributed by atoms with Crippen LogP contribution in [0.15, 0.2) is 54.6 Å². The molecule has 5 nitrogen and oxygen atoms in total. The average Bonchev–Trinajstić information content (AvgIpc) is 2.58. The van der Waals surface area contributed by atoms with Gasteiger partial charge in [0.1, 0.15) is 5.75 Å². The van der Waals surface area contributed by atoms with E-state index in [4.69, 9.17) is 21.1 Å². The van der Waals surface area contributed by atoms with Crippen molar-refractivity contribution in [1.82, 2.24) is 0 Å². The van der Waals surface area contributed by atoms with Gasteiger partial charge in [-0.3, -0.25) is 9.59 Å². The summed E-state index contributed by atoms with van der Waals surface area (Å²) >= 11 is 5.82. The van der Waals surface area contributed by atoms with Gasteiger partial charge >= 0.3 is 5.97 Å². The molecule has 0 radical (unpaired) electrons. The van der Waals surface area contributed by atoms with Crippen molar-refractivity contribution in [2.24, 2.45) is 0 Å². The van der Waals surface area contributed by atoms with Gasteiger partial charge in [0, 0.05) is 17.1 Å². The first-order chi connectivity index (χ1) is 11.6. The Morgan fingerprint density at radius 2 is 1.83 bits per heavy atom. The minimum absolute atomic E-state index is 0.192. The normalized spacial score (nSPS) is 10.0. The molecule has 0 fully saturated rings. The molecule has 24 heavy (non-hydrogen) atoms. The lowest BCUT2D eigenvalue weighted by Gasteiger charge is -2.07. The number of hydrogen-bond acceptors (Lipinski definition) is 4. The van der Waals surface area contributed by atoms with E-state index in [1.807, 2.05) is 30.3 Å². The fraction of sp³-hybridized carbons (Fsp3) is 0.222. The fourth-order valence-corrected chi connectivity index (χ4v) is 2.10. The number of para-hydroxylation sites is 1. The molecule has 1 N–H and O–H groups in total. The Hall–Kier alpha value is -2.53. The predicted octanol–water partition coefficient (Wildman–Crippen LogP) is 3.68. The van der Waals surface area contributed by atoms with E-state index in [2.05, 4.69) is 5.32 Å². The quantitative estimate of drug-likeness (QED) is 0.584. The second kappa shape index (κ2) is 9.57. The lowest BCUT2D eigenvalue weighted by molar-refractivity contribution is -0.147. The fourth-order valence-electron chi connectivity index (χ4n) is 1.90. The van der Waals surface area contributed by atoms with Crippen molar-refractivity contribution in [1.29, 1.82) is 0 Å². The number of anilines is 1. The van der Waals surface area contributed by atoms with Gasteiger partial charge in [-0.15, -0.1) is 0 Å². The Morgan fingerprint density at radius 1 is 1.04 bits per heavy atom. The standard InChI is InChI=1S/C18H18ClNO4/c19-14-6-4-7-15(12-14)20-17(21)13-24-18(22)10-5-11-23-16-8-2-1-3-9-16/h1-4,6-9,12H,5,10-11,13H2,(H,20,21). The molecule has 0 aliphatic carbocycles. The first-order valence-corrected chi connectivity index (χ1v) is 7.90. The lowest BCUT2D eigenvalue weighted by Crippen LogP contribution is -2.21. The van der Waals surface area contributed by atoms with Crippen molar-refractivity contribution in [2.45, 2.75) is 12.8 Å². The molecule has 0 bridgehead atoms. The first kappa shape index (κ1) is 17.8. The van der Waals surface area contributed by atoms with Crippen LogP contribution in [0.5, 0.6) is 5.75 Å². The van der Waals surface area contributed by atoms with Crippen LogP contribution in [0.1, 0.15) is 12.8 Å². The minimum Gasteiger partial charge on any atom is -0.494 e. The monoisotopic (exact) mass is 347 g/mol. The zero-order valence-electron chi connectivity index (χ0n) is 13.0. The number of ether oxygens (including phenoxy) is 2. The van der Waals surface area contributed by atoms with Gasteiger partial charge in [-0.1, -0.05) is 35.9 Å². The summed E-state index contributed by atoms with van der Waals surface area (Å²) in [4.78, 5) is 23.3. The summed E-state index contributed by atoms with van der Waals surface area (Å²) in [5.41, 5.74) is 0.555. The highest BCUT2D eigenvalue weighted by atomic mass is 35.5. The molecule has 0 aromatic heterocycles. The molecule has 0 aliphatic heterocycles. The van der Waals surface area contributed by atoms with E-state index in [1.165, 1.54) is 0 Å². The summed E-state index contributed by atoms with van der Waals surface area (Å²) in [6, 6.07) is 16.1. The van der Waals surface area contributed by atoms with Crippen LogP contribution >= 0.6 is 11.6 Å². The van der Waals surface area contributed by atoms with Gasteiger partial charge in [0.15, 0.2) is 6.61 Å². The lowest BCUT2D eigenvalue weighted by atomic mass is 10.3. The van der Waals surface area contributed by atoms with Crippen LogP contribution in [0, 0.1) is 0 Å². The number of carbonyl (C=O) groups is 2. The van der Waals surface area contributed by atoms with E-state index >= 15 is 0 Å². The Bertz CT molecular complexity index is 676. The average molecular weight is 348 g/mol. The molecule has 0 saturated heterocycles. The third kappa shape index (κ3) is 6.71. The number of rotatable bonds is 8. The van der Waals surface area contributed by atoms with E-state index in [0.717, 1.165) is 5.75 Å². The molecule has 0 aliphatic rings. The van der Waals surface area contributed by atoms with Crippen molar-refractivity contribution in [3.8, 4) is 5.75 Å². The molecular weight excluding hydrogens is 330 g/mol. The largest absolute Gasteiger partial charge is 0.494 e. The van der Waals surface area contributed by atoms with Crippen LogP contribution in [0.2, 0.25) is 5.02 Å². The maximum absolute atomic E-state index is 11.7. The molecule has 0 unspecified atom stereocenters. The maximum atomic E-state index is 11.7. The molecule has 2 aromatic rings. The number of halogens is 1. The molecule has 0 atom stereocenters. The summed E-state index contributed by atoms with van der Waals surface area (Å²) < 4.78 is 10.4. The van der Waals surface area contributed by atoms with E-state index in [9.17, 15) is 9.59 Å². The van der Waals surface area contributed by atoms with Gasteiger partial charge in [0.05, 0.1) is 6.61 Å². The highest BCUT2D eigenvalue weighted by Crippen LogP contribution is 2.14. The molecular formula is C18H18ClNO4. The molecule has 2 aromatic carbocycles. The van der Waals surface area contributed by atoms with Crippen LogP contribution < -0.4 is 10.1 Å². The van der Waals surface area contributed by atoms with E-state index in [1.54, 1.807) is 24.3 Å². The highest BCUT2D eigenvalue weighted by Gasteiger charge is 2.08. The van der Waals surface area contributed by atoms with Gasteiger partial charge in [-0.25, -0.2) is 0 Å². The Labute approximate surface area is 145 Å². The topological polar surface area (TPSA) is 64.6 Å². The molecule has 0 heterocycles. The number of carbonyl (C=O) groups excluding carboxylic acids is 2. The van der Waals surface area contributed by atoms with Crippen LogP contribution in [0.3, 0.4) is 0 Å². The number of amides is 1. The van der Waals surface area contributed by atoms with Gasteiger partial charge in [-0.2, -0.15) is 0 Å². The summed E-state index contributed by atoms with van der Waals surface area (Å²) in [6.45, 7) is 0.0821. The zero-order chi connectivity index (χ0) is 17.2. The molecule has 2 rings (SSSR count). The van der Waals surface area contributed by atoms with Gasteiger partial charge < -0.3 is 14.8 Å². The highest BCUT2D eigenvalue weighted by molar-refractivity contribution is 6.30. The molecule has 1 amide bonds. The van der Waals surface area contributed by atoms with Crippen molar-refractivity contribution >= 4 is 29.2 Å². The Balaban J connectivity index is 1.59. The van der Waals surface area contributed by atoms with Crippen molar-refractivity contribution < 1.29 is 19.1 Å². The molecule has 0 spiro atoms. The Kier molecular flexibility index (Phi) is 7.11. The van der Waals surface area contributed by atoms with Crippen molar-refractivity contribution in [3.63, 3.8) is 0 Å². The van der Waals surface area contributed by atoms with Gasteiger partial charge in [0.2, 0.25) is 0 Å². The summed E-state index contributed by atoms with van der Waals surface area (Å²) in [5, 5.41) is 3.12. The Morgan fingerprint density at radius 3 is 2.58 bits per heavy atom. The first-order valence-electron chi connectivity index (χ1n) is 7.52. The summed E-state index contributed by atoms with van der Waals surface area (Å²) in [6.07, 6.45) is 0.709. The van der Waals surface area contributed by atoms with Crippen molar-refractivity contribution in [3.05, 3.63) is 59.6 Å². The SMILES string of the molecule is O=C(COC(=O)CCCOc1ccccc1)Nc1cccc(Cl)c1. The number of nitrogens with one attached hydrogen (secondary N) is 1. The van der Waals surface area contributed by atoms with Crippen LogP contribution in [0.25, 0.3) is 0 Å². The smallest absolute Gasteiger partial charge is 0.306 e. The predicted molar refractivity (Wildman–Crippen MR) is 92.2 cm³/mol. The summed E-state index contributed by atoms with van der Waals surface area (Å²) in [5.74, 6) is -0.0918. The third-order valence-electron chi connectivity index (χ3n) is 3.01. The zero-order valence-corrected chi connectivity index (χ0v) is 13.8. The number of benzene rings is 2. The minimum atomic E-state index is -0.437. The number of esters is 1. The van der Waals surface area contributed by atoms with Gasteiger partial charge in [-0.05, 0) is 36.8 Å². The summed E-state index contributed by atoms with van der Waals surface area (Å²) in [7, 11) is 0. The second-order valence-corrected chi connectivity index (χ2v) is 5.42. The van der Waals surface area contributed by atoms with E-state index in [-0.39, 0.29) is 13.0 Å². The van der Waals surface area contributed by atoms with E-state index in [0.29, 0.717) is 23.7 Å². The second-order valence-electron chi connectivity index (χ2n) is 4.98. The molecule has 126 valence electrons. The van der Waals surface area contributed by atoms with Gasteiger partial charge in [0.25, 0.3) is 5.91 Å². The molecule has 6 heteroatoms. The third-order valence-corrected chi connectivity index (χ3v) is 3.24. The number of hydrogen-bond donors (Lipinski definition) is 1. The van der Waals surface area contributed by atoms with E-state index < -0.39 is 11.9 Å². The maximum Gasteiger partial charge on any atom is 0.306 e. The van der Waals surface area contributed by atoms with Crippen molar-refractivity contribution in [2.75, 3.05) is 18.5 Å². The van der Waals surface area contributed by atoms with Crippen LogP contribution in [-0.2, 0) is 14.3 Å². The van der Waals surface area contributed by atoms with Crippen LogP contribution in [-0.4, -0.2) is 25.1 Å². The molecule has 0 saturated carbocycles. The van der Waals surface area contributed by atoms with Crippen LogP contribution in [0.4, 0.5) is 5.69 Å².